The van der Waals surface area contributed by atoms with Crippen LogP contribution in [0.2, 0.25) is 5.02 Å². The quantitative estimate of drug-likeness (QED) is 0.405. The van der Waals surface area contributed by atoms with E-state index in [1.807, 2.05) is 6.07 Å². The van der Waals surface area contributed by atoms with Crippen LogP contribution in [-0.4, -0.2) is 23.2 Å². The number of rotatable bonds is 5. The third kappa shape index (κ3) is 4.34. The molecule has 1 aliphatic carbocycles. The van der Waals surface area contributed by atoms with Crippen molar-refractivity contribution in [1.29, 1.82) is 0 Å². The first-order chi connectivity index (χ1) is 14.1. The Kier molecular flexibility index (Phi) is 5.38. The topological polar surface area (TPSA) is 59.8 Å². The second kappa shape index (κ2) is 8.11. The summed E-state index contributed by atoms with van der Waals surface area (Å²) >= 11 is 11.7. The summed E-state index contributed by atoms with van der Waals surface area (Å²) in [6.45, 7) is 7.35. The van der Waals surface area contributed by atoms with E-state index in [0.717, 1.165) is 12.8 Å². The molecule has 2 aromatic carbocycles. The summed E-state index contributed by atoms with van der Waals surface area (Å²) in [7, 11) is 1.53. The Morgan fingerprint density at radius 2 is 2.07 bits per heavy atom. The van der Waals surface area contributed by atoms with E-state index in [0.29, 0.717) is 55.7 Å². The van der Waals surface area contributed by atoms with Crippen molar-refractivity contribution in [2.24, 2.45) is 0 Å². The molecule has 29 heavy (non-hydrogen) atoms. The molecular formula is C21H17ClN4O2S. The van der Waals surface area contributed by atoms with Crippen LogP contribution in [-0.2, 0) is 0 Å². The predicted octanol–water partition coefficient (Wildman–Crippen LogP) is 5.69. The molecule has 0 unspecified atom stereocenters. The fourth-order valence-corrected chi connectivity index (χ4v) is 3.33. The van der Waals surface area contributed by atoms with Gasteiger partial charge in [-0.3, -0.25) is 4.98 Å². The molecule has 3 aromatic rings. The van der Waals surface area contributed by atoms with Crippen molar-refractivity contribution in [3.8, 4) is 17.2 Å². The van der Waals surface area contributed by atoms with Crippen molar-refractivity contribution >= 4 is 51.2 Å². The van der Waals surface area contributed by atoms with Crippen LogP contribution in [0.15, 0.2) is 42.6 Å². The third-order valence-corrected chi connectivity index (χ3v) is 4.98. The number of pyridine rings is 1. The van der Waals surface area contributed by atoms with Crippen LogP contribution in [0.25, 0.3) is 15.7 Å². The van der Waals surface area contributed by atoms with Gasteiger partial charge in [0.1, 0.15) is 17.2 Å². The molecule has 0 saturated heterocycles. The molecule has 0 aliphatic heterocycles. The van der Waals surface area contributed by atoms with Crippen LogP contribution in [0.5, 0.6) is 17.2 Å². The Balaban J connectivity index is 1.58. The van der Waals surface area contributed by atoms with Crippen LogP contribution < -0.4 is 20.1 Å². The molecule has 1 aromatic heterocycles. The molecule has 2 N–H and O–H groups in total. The SMILES string of the molecule is [C-]#[N+]c1cc2c(Oc3ccc(NC(=S)NC4CC4)c(Cl)c3)ccnc2cc1OC. The summed E-state index contributed by atoms with van der Waals surface area (Å²) in [4.78, 5) is 7.85. The first-order valence-electron chi connectivity index (χ1n) is 8.96. The smallest absolute Gasteiger partial charge is 0.228 e. The van der Waals surface area contributed by atoms with Gasteiger partial charge in [-0.15, -0.1) is 0 Å². The first-order valence-corrected chi connectivity index (χ1v) is 9.75. The minimum Gasteiger partial charge on any atom is -0.508 e. The summed E-state index contributed by atoms with van der Waals surface area (Å²) in [6.07, 6.45) is 3.93. The summed E-state index contributed by atoms with van der Waals surface area (Å²) < 4.78 is 11.3. The number of nitrogens with one attached hydrogen (secondary N) is 2. The Bertz CT molecular complexity index is 1140. The number of nitrogens with zero attached hydrogens (tertiary/aromatic N) is 2. The molecule has 8 heteroatoms. The van der Waals surface area contributed by atoms with E-state index >= 15 is 0 Å². The maximum Gasteiger partial charge on any atom is 0.228 e. The fourth-order valence-electron chi connectivity index (χ4n) is 2.84. The highest BCUT2D eigenvalue weighted by Crippen LogP contribution is 2.38. The maximum absolute atomic E-state index is 7.35. The number of anilines is 1. The lowest BCUT2D eigenvalue weighted by molar-refractivity contribution is 0.418. The second-order valence-electron chi connectivity index (χ2n) is 6.58. The first kappa shape index (κ1) is 19.2. The molecule has 1 fully saturated rings. The Hall–Kier alpha value is -3.08. The van der Waals surface area contributed by atoms with E-state index in [1.165, 1.54) is 7.11 Å². The van der Waals surface area contributed by atoms with E-state index in [2.05, 4.69) is 20.5 Å². The normalized spacial score (nSPS) is 12.9. The van der Waals surface area contributed by atoms with Gasteiger partial charge in [0, 0.05) is 23.7 Å². The monoisotopic (exact) mass is 424 g/mol. The van der Waals surface area contributed by atoms with Gasteiger partial charge in [0.15, 0.2) is 5.11 Å². The maximum atomic E-state index is 7.35. The molecule has 0 bridgehead atoms. The number of methoxy groups -OCH3 is 1. The van der Waals surface area contributed by atoms with Gasteiger partial charge in [-0.25, -0.2) is 4.85 Å². The van der Waals surface area contributed by atoms with Gasteiger partial charge in [-0.05, 0) is 55.4 Å². The minimum absolute atomic E-state index is 0.395. The van der Waals surface area contributed by atoms with Gasteiger partial charge >= 0.3 is 0 Å². The van der Waals surface area contributed by atoms with Gasteiger partial charge < -0.3 is 20.1 Å². The van der Waals surface area contributed by atoms with Gasteiger partial charge in [0.05, 0.1) is 29.9 Å². The van der Waals surface area contributed by atoms with Gasteiger partial charge in [0.2, 0.25) is 5.69 Å². The number of ether oxygens (including phenoxy) is 2. The molecule has 1 heterocycles. The van der Waals surface area contributed by atoms with E-state index in [-0.39, 0.29) is 0 Å². The molecule has 1 aliphatic rings. The molecule has 146 valence electrons. The number of thiocarbonyl (C=S) groups is 1. The van der Waals surface area contributed by atoms with Crippen molar-refractivity contribution in [3.63, 3.8) is 0 Å². The van der Waals surface area contributed by atoms with E-state index in [1.54, 1.807) is 36.5 Å². The van der Waals surface area contributed by atoms with Gasteiger partial charge in [0.25, 0.3) is 0 Å². The van der Waals surface area contributed by atoms with Crippen LogP contribution in [0, 0.1) is 6.57 Å². The van der Waals surface area contributed by atoms with E-state index < -0.39 is 0 Å². The minimum atomic E-state index is 0.395. The van der Waals surface area contributed by atoms with Crippen molar-refractivity contribution in [1.82, 2.24) is 10.3 Å². The molecule has 0 amide bonds. The van der Waals surface area contributed by atoms with Crippen molar-refractivity contribution in [2.75, 3.05) is 12.4 Å². The van der Waals surface area contributed by atoms with E-state index in [9.17, 15) is 0 Å². The lowest BCUT2D eigenvalue weighted by Gasteiger charge is -2.14. The molecule has 0 spiro atoms. The number of fused-ring (bicyclic) bond motifs is 1. The number of halogens is 1. The van der Waals surface area contributed by atoms with Crippen LogP contribution in [0.3, 0.4) is 0 Å². The number of hydrogen-bond donors (Lipinski definition) is 2. The standard InChI is InChI=1S/C21H17ClN4O2S/c1-23-18-10-14-17(11-20(18)27-2)24-8-7-19(14)28-13-5-6-16(15(22)9-13)26-21(29)25-12-3-4-12/h5-12H,3-4H2,2H3,(H2,25,26,29). The average Bonchev–Trinajstić information content (AvgIpc) is 3.53. The van der Waals surface area contributed by atoms with Crippen LogP contribution in [0.4, 0.5) is 11.4 Å². The summed E-state index contributed by atoms with van der Waals surface area (Å²) in [5, 5.41) is 8.08. The van der Waals surface area contributed by atoms with Gasteiger partial charge in [-0.2, -0.15) is 0 Å². The van der Waals surface area contributed by atoms with Crippen molar-refractivity contribution < 1.29 is 9.47 Å². The second-order valence-corrected chi connectivity index (χ2v) is 7.39. The third-order valence-electron chi connectivity index (χ3n) is 4.45. The van der Waals surface area contributed by atoms with Crippen LogP contribution >= 0.6 is 23.8 Å². The van der Waals surface area contributed by atoms with Crippen molar-refractivity contribution in [3.05, 3.63) is 59.0 Å². The molecular weight excluding hydrogens is 408 g/mol. The van der Waals surface area contributed by atoms with E-state index in [4.69, 9.17) is 39.9 Å². The Morgan fingerprint density at radius 1 is 1.24 bits per heavy atom. The highest BCUT2D eigenvalue weighted by Gasteiger charge is 2.22. The Morgan fingerprint density at radius 3 is 2.76 bits per heavy atom. The van der Waals surface area contributed by atoms with Gasteiger partial charge in [-0.1, -0.05) is 11.6 Å². The largest absolute Gasteiger partial charge is 0.508 e. The molecule has 1 saturated carbocycles. The zero-order valence-corrected chi connectivity index (χ0v) is 17.1. The highest BCUT2D eigenvalue weighted by molar-refractivity contribution is 7.80. The molecule has 6 nitrogen and oxygen atoms in total. The Labute approximate surface area is 178 Å². The van der Waals surface area contributed by atoms with Crippen molar-refractivity contribution in [2.45, 2.75) is 18.9 Å². The summed E-state index contributed by atoms with van der Waals surface area (Å²) in [5.74, 6) is 1.62. The summed E-state index contributed by atoms with van der Waals surface area (Å²) in [6, 6.07) is 11.0. The lowest BCUT2D eigenvalue weighted by atomic mass is 10.1. The zero-order valence-electron chi connectivity index (χ0n) is 15.5. The fraction of sp³-hybridized carbons (Fsp3) is 0.190. The number of benzene rings is 2. The number of aromatic nitrogens is 1. The predicted molar refractivity (Wildman–Crippen MR) is 118 cm³/mol. The number of hydrogen-bond acceptors (Lipinski definition) is 4. The highest BCUT2D eigenvalue weighted by atomic mass is 35.5. The zero-order chi connectivity index (χ0) is 20.4. The molecule has 0 radical (unpaired) electrons. The molecule has 0 atom stereocenters. The summed E-state index contributed by atoms with van der Waals surface area (Å²) in [5.41, 5.74) is 1.77. The average molecular weight is 425 g/mol. The van der Waals surface area contributed by atoms with Crippen LogP contribution in [0.1, 0.15) is 12.8 Å². The lowest BCUT2D eigenvalue weighted by Crippen LogP contribution is -2.30. The molecule has 4 rings (SSSR count).